The van der Waals surface area contributed by atoms with E-state index >= 15 is 0 Å². The number of rotatable bonds is 2. The van der Waals surface area contributed by atoms with Gasteiger partial charge in [0.05, 0.1) is 0 Å². The molecule has 78 valence electrons. The lowest BCUT2D eigenvalue weighted by molar-refractivity contribution is -0.197. The summed E-state index contributed by atoms with van der Waals surface area (Å²) in [5.41, 5.74) is 0. The van der Waals surface area contributed by atoms with Crippen molar-refractivity contribution < 1.29 is 19.2 Å². The van der Waals surface area contributed by atoms with Gasteiger partial charge in [-0.2, -0.15) is 0 Å². The van der Waals surface area contributed by atoms with Crippen LogP contribution in [0.25, 0.3) is 0 Å². The van der Waals surface area contributed by atoms with Crippen LogP contribution in [-0.2, 0) is 19.2 Å². The smallest absolute Gasteiger partial charge is 0.330 e. The van der Waals surface area contributed by atoms with Gasteiger partial charge in [-0.25, -0.2) is 4.79 Å². The summed E-state index contributed by atoms with van der Waals surface area (Å²) in [6, 6.07) is 0. The molecule has 0 aliphatic carbocycles. The highest BCUT2D eigenvalue weighted by Gasteiger charge is 2.32. The lowest BCUT2D eigenvalue weighted by Crippen LogP contribution is -2.31. The summed E-state index contributed by atoms with van der Waals surface area (Å²) in [6.45, 7) is 7.59. The standard InChI is InChI=1S/C7H9NO4.C2H4/c1-2-7(11)12-8-5(9)3-4-6(8)10;1-2/h2-4H2,1H3;1-2H2. The molecule has 1 fully saturated rings. The Morgan fingerprint density at radius 1 is 1.36 bits per heavy atom. The molecular formula is C9H13NO4. The number of hydrogen-bond donors (Lipinski definition) is 0. The number of imide groups is 1. The van der Waals surface area contributed by atoms with Gasteiger partial charge in [-0.3, -0.25) is 9.59 Å². The second-order valence-corrected chi connectivity index (χ2v) is 2.40. The van der Waals surface area contributed by atoms with E-state index in [-0.39, 0.29) is 19.3 Å². The average molecular weight is 199 g/mol. The molecule has 0 N–H and O–H groups in total. The molecule has 1 rings (SSSR count). The summed E-state index contributed by atoms with van der Waals surface area (Å²) >= 11 is 0. The molecule has 0 saturated carbocycles. The Morgan fingerprint density at radius 3 is 2.14 bits per heavy atom. The van der Waals surface area contributed by atoms with Crippen LogP contribution in [0, 0.1) is 0 Å². The van der Waals surface area contributed by atoms with Crippen molar-refractivity contribution in [1.82, 2.24) is 5.06 Å². The summed E-state index contributed by atoms with van der Waals surface area (Å²) in [5.74, 6) is -1.46. The first-order valence-electron chi connectivity index (χ1n) is 4.21. The minimum Gasteiger partial charge on any atom is -0.330 e. The van der Waals surface area contributed by atoms with Crippen LogP contribution in [-0.4, -0.2) is 22.8 Å². The summed E-state index contributed by atoms with van der Waals surface area (Å²) < 4.78 is 0. The largest absolute Gasteiger partial charge is 0.332 e. The van der Waals surface area contributed by atoms with Gasteiger partial charge in [0.25, 0.3) is 11.8 Å². The van der Waals surface area contributed by atoms with Crippen LogP contribution in [0.15, 0.2) is 13.2 Å². The van der Waals surface area contributed by atoms with Crippen molar-refractivity contribution in [2.24, 2.45) is 0 Å². The normalized spacial score (nSPS) is 14.8. The average Bonchev–Trinajstić information content (AvgIpc) is 2.52. The highest BCUT2D eigenvalue weighted by molar-refractivity contribution is 6.01. The predicted molar refractivity (Wildman–Crippen MR) is 48.7 cm³/mol. The first-order valence-corrected chi connectivity index (χ1v) is 4.21. The molecule has 0 bridgehead atoms. The summed E-state index contributed by atoms with van der Waals surface area (Å²) in [5, 5.41) is 0.547. The Hall–Kier alpha value is -1.65. The van der Waals surface area contributed by atoms with Gasteiger partial charge >= 0.3 is 5.97 Å². The lowest BCUT2D eigenvalue weighted by atomic mass is 10.4. The molecule has 5 heteroatoms. The maximum absolute atomic E-state index is 10.9. The third kappa shape index (κ3) is 3.01. The van der Waals surface area contributed by atoms with Gasteiger partial charge in [-0.15, -0.1) is 18.2 Å². The zero-order valence-electron chi connectivity index (χ0n) is 8.12. The molecule has 0 radical (unpaired) electrons. The second kappa shape index (κ2) is 5.90. The molecule has 0 unspecified atom stereocenters. The first-order chi connectivity index (χ1) is 6.65. The Kier molecular flexibility index (Phi) is 5.21. The molecule has 0 aromatic heterocycles. The van der Waals surface area contributed by atoms with E-state index < -0.39 is 17.8 Å². The number of hydroxylamine groups is 2. The van der Waals surface area contributed by atoms with E-state index in [9.17, 15) is 14.4 Å². The maximum Gasteiger partial charge on any atom is 0.332 e. The van der Waals surface area contributed by atoms with Crippen LogP contribution in [0.5, 0.6) is 0 Å². The van der Waals surface area contributed by atoms with Gasteiger partial charge in [-0.05, 0) is 0 Å². The zero-order chi connectivity index (χ0) is 11.1. The quantitative estimate of drug-likeness (QED) is 0.487. The predicted octanol–water partition coefficient (Wildman–Crippen LogP) is 0.806. The highest BCUT2D eigenvalue weighted by atomic mass is 16.7. The van der Waals surface area contributed by atoms with Crippen LogP contribution in [0.4, 0.5) is 0 Å². The number of hydrogen-bond acceptors (Lipinski definition) is 4. The summed E-state index contributed by atoms with van der Waals surface area (Å²) in [7, 11) is 0. The molecule has 1 aliphatic rings. The molecule has 0 aromatic carbocycles. The molecule has 1 aliphatic heterocycles. The summed E-state index contributed by atoms with van der Waals surface area (Å²) in [4.78, 5) is 36.9. The van der Waals surface area contributed by atoms with Crippen molar-refractivity contribution in [3.63, 3.8) is 0 Å². The lowest BCUT2D eigenvalue weighted by Gasteiger charge is -2.10. The van der Waals surface area contributed by atoms with E-state index in [4.69, 9.17) is 0 Å². The Labute approximate surface area is 82.3 Å². The van der Waals surface area contributed by atoms with Crippen molar-refractivity contribution in [2.45, 2.75) is 26.2 Å². The molecule has 1 heterocycles. The SMILES string of the molecule is C=C.CCC(=O)ON1C(=O)CCC1=O. The zero-order valence-corrected chi connectivity index (χ0v) is 8.12. The van der Waals surface area contributed by atoms with E-state index in [2.05, 4.69) is 18.0 Å². The molecule has 0 aromatic rings. The molecule has 5 nitrogen and oxygen atoms in total. The van der Waals surface area contributed by atoms with E-state index in [1.807, 2.05) is 0 Å². The van der Waals surface area contributed by atoms with Crippen LogP contribution in [0.2, 0.25) is 0 Å². The van der Waals surface area contributed by atoms with Gasteiger partial charge in [0, 0.05) is 19.3 Å². The van der Waals surface area contributed by atoms with Gasteiger partial charge in [-0.1, -0.05) is 6.92 Å². The Bertz CT molecular complexity index is 233. The monoisotopic (exact) mass is 199 g/mol. The number of nitrogens with zero attached hydrogens (tertiary/aromatic N) is 1. The Balaban J connectivity index is 0.000000791. The highest BCUT2D eigenvalue weighted by Crippen LogP contribution is 2.12. The fourth-order valence-corrected chi connectivity index (χ4v) is 0.824. The van der Waals surface area contributed by atoms with Gasteiger partial charge in [0.15, 0.2) is 0 Å². The van der Waals surface area contributed by atoms with Crippen LogP contribution in [0.1, 0.15) is 26.2 Å². The minimum absolute atomic E-state index is 0.135. The van der Waals surface area contributed by atoms with Crippen molar-refractivity contribution in [3.05, 3.63) is 13.2 Å². The van der Waals surface area contributed by atoms with Crippen LogP contribution in [0.3, 0.4) is 0 Å². The fourth-order valence-electron chi connectivity index (χ4n) is 0.824. The number of carbonyl (C=O) groups excluding carboxylic acids is 3. The Morgan fingerprint density at radius 2 is 1.79 bits per heavy atom. The number of carbonyl (C=O) groups is 3. The fraction of sp³-hybridized carbons (Fsp3) is 0.444. The molecule has 0 spiro atoms. The molecular weight excluding hydrogens is 186 g/mol. The molecule has 1 saturated heterocycles. The van der Waals surface area contributed by atoms with Crippen LogP contribution < -0.4 is 0 Å². The van der Waals surface area contributed by atoms with Gasteiger partial charge in [0.2, 0.25) is 0 Å². The van der Waals surface area contributed by atoms with Gasteiger partial charge in [0.1, 0.15) is 0 Å². The van der Waals surface area contributed by atoms with E-state index in [1.54, 1.807) is 6.92 Å². The third-order valence-electron chi connectivity index (χ3n) is 1.49. The van der Waals surface area contributed by atoms with Crippen molar-refractivity contribution >= 4 is 17.8 Å². The van der Waals surface area contributed by atoms with Crippen molar-refractivity contribution in [1.29, 1.82) is 0 Å². The summed E-state index contributed by atoms with van der Waals surface area (Å²) in [6.07, 6.45) is 0.419. The second-order valence-electron chi connectivity index (χ2n) is 2.40. The third-order valence-corrected chi connectivity index (χ3v) is 1.49. The topological polar surface area (TPSA) is 63.7 Å². The minimum atomic E-state index is -0.571. The number of amides is 2. The van der Waals surface area contributed by atoms with E-state index in [0.29, 0.717) is 5.06 Å². The molecule has 0 atom stereocenters. The van der Waals surface area contributed by atoms with Crippen LogP contribution >= 0.6 is 0 Å². The maximum atomic E-state index is 10.9. The van der Waals surface area contributed by atoms with Crippen molar-refractivity contribution in [3.8, 4) is 0 Å². The van der Waals surface area contributed by atoms with E-state index in [0.717, 1.165) is 0 Å². The molecule has 14 heavy (non-hydrogen) atoms. The van der Waals surface area contributed by atoms with Crippen molar-refractivity contribution in [2.75, 3.05) is 0 Å². The van der Waals surface area contributed by atoms with Gasteiger partial charge < -0.3 is 4.84 Å². The first kappa shape index (κ1) is 12.3. The van der Waals surface area contributed by atoms with E-state index in [1.165, 1.54) is 0 Å². The molecule has 2 amide bonds.